The van der Waals surface area contributed by atoms with Crippen molar-refractivity contribution in [2.75, 3.05) is 46.1 Å². The average molecular weight is 390 g/mol. The molecule has 0 spiro atoms. The lowest BCUT2D eigenvalue weighted by atomic mass is 10.2. The number of rotatable bonds is 6. The van der Waals surface area contributed by atoms with Crippen LogP contribution in [0.1, 0.15) is 24.2 Å². The first-order valence-electron chi connectivity index (χ1n) is 9.39. The van der Waals surface area contributed by atoms with Crippen molar-refractivity contribution in [3.8, 4) is 11.5 Å². The number of nitrogens with one attached hydrogen (secondary N) is 2. The fourth-order valence-corrected chi connectivity index (χ4v) is 3.13. The molecule has 0 bridgehead atoms. The standard InChI is InChI=1S/C19H26N4O5/c1-13(2)21-17(24)11-22-5-7-23(8-6-22)18(25)10-20-19(26)14-3-4-15-16(9-14)28-12-27-15/h3-4,9,13H,5-8,10-12H2,1-2H3,(H,20,26)(H,21,24). The zero-order chi connectivity index (χ0) is 20.1. The van der Waals surface area contributed by atoms with E-state index in [0.717, 1.165) is 0 Å². The summed E-state index contributed by atoms with van der Waals surface area (Å²) in [6.07, 6.45) is 0. The molecule has 0 radical (unpaired) electrons. The van der Waals surface area contributed by atoms with E-state index < -0.39 is 0 Å². The van der Waals surface area contributed by atoms with Crippen LogP contribution in [-0.2, 0) is 9.59 Å². The van der Waals surface area contributed by atoms with E-state index in [4.69, 9.17) is 9.47 Å². The second-order valence-corrected chi connectivity index (χ2v) is 7.13. The van der Waals surface area contributed by atoms with Crippen LogP contribution in [0.4, 0.5) is 0 Å². The Labute approximate surface area is 163 Å². The Bertz CT molecular complexity index is 744. The highest BCUT2D eigenvalue weighted by Gasteiger charge is 2.23. The summed E-state index contributed by atoms with van der Waals surface area (Å²) in [5.74, 6) is 0.644. The third-order valence-corrected chi connectivity index (χ3v) is 4.58. The number of hydrogen-bond acceptors (Lipinski definition) is 6. The molecule has 0 atom stereocenters. The quantitative estimate of drug-likeness (QED) is 0.699. The minimum Gasteiger partial charge on any atom is -0.454 e. The van der Waals surface area contributed by atoms with E-state index in [1.54, 1.807) is 23.1 Å². The maximum Gasteiger partial charge on any atom is 0.251 e. The van der Waals surface area contributed by atoms with Gasteiger partial charge in [-0.25, -0.2) is 0 Å². The molecule has 9 heteroatoms. The largest absolute Gasteiger partial charge is 0.454 e. The van der Waals surface area contributed by atoms with Gasteiger partial charge in [0.25, 0.3) is 5.91 Å². The summed E-state index contributed by atoms with van der Waals surface area (Å²) in [6, 6.07) is 5.02. The van der Waals surface area contributed by atoms with E-state index in [0.29, 0.717) is 49.8 Å². The van der Waals surface area contributed by atoms with E-state index in [1.165, 1.54) is 0 Å². The predicted octanol–water partition coefficient (Wildman–Crippen LogP) is -0.186. The van der Waals surface area contributed by atoms with Gasteiger partial charge in [-0.2, -0.15) is 0 Å². The molecule has 1 aromatic carbocycles. The number of hydrogen-bond donors (Lipinski definition) is 2. The minimum atomic E-state index is -0.337. The van der Waals surface area contributed by atoms with Gasteiger partial charge < -0.3 is 25.0 Å². The maximum atomic E-state index is 12.4. The Morgan fingerprint density at radius 1 is 1.07 bits per heavy atom. The molecule has 1 aromatic rings. The van der Waals surface area contributed by atoms with E-state index in [-0.39, 0.29) is 37.1 Å². The topological polar surface area (TPSA) is 100 Å². The fourth-order valence-electron chi connectivity index (χ4n) is 3.13. The summed E-state index contributed by atoms with van der Waals surface area (Å²) < 4.78 is 10.5. The van der Waals surface area contributed by atoms with E-state index >= 15 is 0 Å². The average Bonchev–Trinajstić information content (AvgIpc) is 3.13. The second-order valence-electron chi connectivity index (χ2n) is 7.13. The first-order valence-corrected chi connectivity index (χ1v) is 9.39. The van der Waals surface area contributed by atoms with Crippen LogP contribution in [0, 0.1) is 0 Å². The zero-order valence-corrected chi connectivity index (χ0v) is 16.2. The molecular weight excluding hydrogens is 364 g/mol. The molecule has 1 saturated heterocycles. The Hall–Kier alpha value is -2.81. The number of carbonyl (C=O) groups is 3. The molecule has 3 amide bonds. The molecule has 152 valence electrons. The lowest BCUT2D eigenvalue weighted by Crippen LogP contribution is -2.53. The first-order chi connectivity index (χ1) is 13.4. The summed E-state index contributed by atoms with van der Waals surface area (Å²) >= 11 is 0. The fraction of sp³-hybridized carbons (Fsp3) is 0.526. The minimum absolute atomic E-state index is 0.00855. The van der Waals surface area contributed by atoms with Crippen LogP contribution in [0.25, 0.3) is 0 Å². The summed E-state index contributed by atoms with van der Waals surface area (Å²) in [7, 11) is 0. The van der Waals surface area contributed by atoms with Gasteiger partial charge in [-0.05, 0) is 32.0 Å². The molecule has 2 N–H and O–H groups in total. The van der Waals surface area contributed by atoms with Crippen LogP contribution < -0.4 is 20.1 Å². The number of piperazine rings is 1. The van der Waals surface area contributed by atoms with Gasteiger partial charge >= 0.3 is 0 Å². The Morgan fingerprint density at radius 3 is 2.50 bits per heavy atom. The number of carbonyl (C=O) groups excluding carboxylic acids is 3. The number of amides is 3. The zero-order valence-electron chi connectivity index (χ0n) is 16.2. The summed E-state index contributed by atoms with van der Waals surface area (Å²) in [5.41, 5.74) is 0.415. The molecule has 0 aromatic heterocycles. The number of fused-ring (bicyclic) bond motifs is 1. The van der Waals surface area contributed by atoms with Gasteiger partial charge in [0.2, 0.25) is 18.6 Å². The van der Waals surface area contributed by atoms with E-state index in [1.807, 2.05) is 18.7 Å². The van der Waals surface area contributed by atoms with Crippen LogP contribution in [0.15, 0.2) is 18.2 Å². The molecule has 0 aliphatic carbocycles. The van der Waals surface area contributed by atoms with Crippen LogP contribution in [-0.4, -0.2) is 79.6 Å². The van der Waals surface area contributed by atoms with Crippen molar-refractivity contribution in [3.63, 3.8) is 0 Å². The third kappa shape index (κ3) is 5.13. The summed E-state index contributed by atoms with van der Waals surface area (Å²) in [4.78, 5) is 40.2. The maximum absolute atomic E-state index is 12.4. The Kier molecular flexibility index (Phi) is 6.35. The third-order valence-electron chi connectivity index (χ3n) is 4.58. The molecule has 9 nitrogen and oxygen atoms in total. The predicted molar refractivity (Wildman–Crippen MR) is 101 cm³/mol. The van der Waals surface area contributed by atoms with Gasteiger partial charge in [0.15, 0.2) is 11.5 Å². The van der Waals surface area contributed by atoms with Crippen LogP contribution in [0.3, 0.4) is 0 Å². The lowest BCUT2D eigenvalue weighted by molar-refractivity contribution is -0.132. The molecule has 2 heterocycles. The highest BCUT2D eigenvalue weighted by atomic mass is 16.7. The molecule has 28 heavy (non-hydrogen) atoms. The summed E-state index contributed by atoms with van der Waals surface area (Å²) in [5, 5.41) is 5.51. The Balaban J connectivity index is 1.41. The van der Waals surface area contributed by atoms with Crippen molar-refractivity contribution < 1.29 is 23.9 Å². The van der Waals surface area contributed by atoms with Gasteiger partial charge in [-0.1, -0.05) is 0 Å². The lowest BCUT2D eigenvalue weighted by Gasteiger charge is -2.34. The molecule has 0 saturated carbocycles. The van der Waals surface area contributed by atoms with Gasteiger partial charge in [0, 0.05) is 37.8 Å². The van der Waals surface area contributed by atoms with Crippen molar-refractivity contribution in [2.24, 2.45) is 0 Å². The van der Waals surface area contributed by atoms with E-state index in [9.17, 15) is 14.4 Å². The molecule has 3 rings (SSSR count). The Morgan fingerprint density at radius 2 is 1.79 bits per heavy atom. The van der Waals surface area contributed by atoms with Gasteiger partial charge in [-0.15, -0.1) is 0 Å². The molecule has 2 aliphatic rings. The number of benzene rings is 1. The van der Waals surface area contributed by atoms with Gasteiger partial charge in [-0.3, -0.25) is 19.3 Å². The van der Waals surface area contributed by atoms with Crippen LogP contribution in [0.2, 0.25) is 0 Å². The molecule has 2 aliphatic heterocycles. The van der Waals surface area contributed by atoms with Crippen molar-refractivity contribution in [1.29, 1.82) is 0 Å². The highest BCUT2D eigenvalue weighted by molar-refractivity contribution is 5.97. The number of nitrogens with zero attached hydrogens (tertiary/aromatic N) is 2. The molecule has 1 fully saturated rings. The SMILES string of the molecule is CC(C)NC(=O)CN1CCN(C(=O)CNC(=O)c2ccc3c(c2)OCO3)CC1. The first kappa shape index (κ1) is 19.9. The number of ether oxygens (including phenoxy) is 2. The van der Waals surface area contributed by atoms with Crippen molar-refractivity contribution in [2.45, 2.75) is 19.9 Å². The summed E-state index contributed by atoms with van der Waals surface area (Å²) in [6.45, 7) is 6.59. The molecular formula is C19H26N4O5. The van der Waals surface area contributed by atoms with Crippen molar-refractivity contribution in [3.05, 3.63) is 23.8 Å². The van der Waals surface area contributed by atoms with Crippen LogP contribution in [0.5, 0.6) is 11.5 Å². The second kappa shape index (κ2) is 8.92. The van der Waals surface area contributed by atoms with Crippen LogP contribution >= 0.6 is 0 Å². The smallest absolute Gasteiger partial charge is 0.251 e. The van der Waals surface area contributed by atoms with Gasteiger partial charge in [0.05, 0.1) is 13.1 Å². The van der Waals surface area contributed by atoms with Crippen molar-refractivity contribution in [1.82, 2.24) is 20.4 Å². The normalized spacial score (nSPS) is 16.2. The molecule has 0 unspecified atom stereocenters. The van der Waals surface area contributed by atoms with Gasteiger partial charge in [0.1, 0.15) is 0 Å². The van der Waals surface area contributed by atoms with Crippen molar-refractivity contribution >= 4 is 17.7 Å². The van der Waals surface area contributed by atoms with E-state index in [2.05, 4.69) is 10.6 Å². The highest BCUT2D eigenvalue weighted by Crippen LogP contribution is 2.32. The monoisotopic (exact) mass is 390 g/mol.